The summed E-state index contributed by atoms with van der Waals surface area (Å²) in [5, 5.41) is 5.63. The molecule has 1 unspecified atom stereocenters. The van der Waals surface area contributed by atoms with Crippen LogP contribution < -0.4 is 16.4 Å². The highest BCUT2D eigenvalue weighted by molar-refractivity contribution is 5.87. The van der Waals surface area contributed by atoms with Crippen LogP contribution >= 0.6 is 0 Å². The summed E-state index contributed by atoms with van der Waals surface area (Å²) in [5.41, 5.74) is 6.91. The molecule has 0 saturated heterocycles. The molecule has 2 atom stereocenters. The van der Waals surface area contributed by atoms with E-state index in [2.05, 4.69) is 31.4 Å². The lowest BCUT2D eigenvalue weighted by molar-refractivity contribution is -0.127. The molecule has 0 spiro atoms. The number of carbonyl (C=O) groups is 2. The number of hydrogen-bond acceptors (Lipinski definition) is 3. The van der Waals surface area contributed by atoms with Crippen molar-refractivity contribution in [2.75, 3.05) is 6.54 Å². The number of benzene rings is 1. The van der Waals surface area contributed by atoms with Crippen LogP contribution in [0.15, 0.2) is 30.3 Å². The lowest BCUT2D eigenvalue weighted by atomic mass is 9.85. The summed E-state index contributed by atoms with van der Waals surface area (Å²) in [7, 11) is 0. The Hall–Kier alpha value is -1.88. The minimum atomic E-state index is -0.600. The van der Waals surface area contributed by atoms with E-state index in [4.69, 9.17) is 5.73 Å². The second-order valence-corrected chi connectivity index (χ2v) is 7.78. The zero-order valence-corrected chi connectivity index (χ0v) is 15.4. The summed E-state index contributed by atoms with van der Waals surface area (Å²) in [6.07, 6.45) is 0.808. The van der Waals surface area contributed by atoms with Gasteiger partial charge >= 0.3 is 0 Å². The van der Waals surface area contributed by atoms with E-state index < -0.39 is 6.04 Å². The Morgan fingerprint density at radius 2 is 1.71 bits per heavy atom. The van der Waals surface area contributed by atoms with Crippen LogP contribution in [-0.4, -0.2) is 24.4 Å². The van der Waals surface area contributed by atoms with Gasteiger partial charge < -0.3 is 16.4 Å². The van der Waals surface area contributed by atoms with Gasteiger partial charge in [0.25, 0.3) is 0 Å². The zero-order chi connectivity index (χ0) is 18.3. The molecule has 1 aromatic carbocycles. The van der Waals surface area contributed by atoms with Crippen molar-refractivity contribution in [2.24, 2.45) is 17.1 Å². The number of nitrogens with two attached hydrogens (primary N) is 1. The van der Waals surface area contributed by atoms with Crippen LogP contribution in [-0.2, 0) is 9.59 Å². The zero-order valence-electron chi connectivity index (χ0n) is 15.4. The second kappa shape index (κ2) is 8.83. The number of carbonyl (C=O) groups excluding carboxylic acids is 2. The molecular formula is C19H31N3O2. The van der Waals surface area contributed by atoms with Gasteiger partial charge in [-0.15, -0.1) is 0 Å². The van der Waals surface area contributed by atoms with Gasteiger partial charge in [0.05, 0.1) is 18.6 Å². The maximum absolute atomic E-state index is 12.2. The van der Waals surface area contributed by atoms with E-state index in [1.165, 1.54) is 0 Å². The molecule has 0 radical (unpaired) electrons. The number of amides is 2. The molecule has 0 heterocycles. The predicted octanol–water partition coefficient (Wildman–Crippen LogP) is 2.38. The Morgan fingerprint density at radius 3 is 2.21 bits per heavy atom. The maximum atomic E-state index is 12.2. The third-order valence-electron chi connectivity index (χ3n) is 3.80. The second-order valence-electron chi connectivity index (χ2n) is 7.78. The molecule has 0 bridgehead atoms. The van der Waals surface area contributed by atoms with Crippen LogP contribution in [0.2, 0.25) is 0 Å². The summed E-state index contributed by atoms with van der Waals surface area (Å²) in [4.78, 5) is 24.1. The first-order valence-corrected chi connectivity index (χ1v) is 8.48. The van der Waals surface area contributed by atoms with Crippen molar-refractivity contribution < 1.29 is 9.59 Å². The highest BCUT2D eigenvalue weighted by Crippen LogP contribution is 2.29. The molecule has 5 heteroatoms. The van der Waals surface area contributed by atoms with E-state index in [1.807, 2.05) is 44.2 Å². The predicted molar refractivity (Wildman–Crippen MR) is 97.2 cm³/mol. The molecule has 2 amide bonds. The van der Waals surface area contributed by atoms with Crippen molar-refractivity contribution >= 4 is 11.8 Å². The van der Waals surface area contributed by atoms with Gasteiger partial charge in [0, 0.05) is 0 Å². The summed E-state index contributed by atoms with van der Waals surface area (Å²) in [6, 6.07) is 9.19. The summed E-state index contributed by atoms with van der Waals surface area (Å²) >= 11 is 0. The van der Waals surface area contributed by atoms with Gasteiger partial charge in [0.2, 0.25) is 11.8 Å². The standard InChI is InChI=1S/C19H31N3O2/c1-13(2)17(20)18(24)21-12-16(23)22-15(11-19(3,4)5)14-9-7-6-8-10-14/h6-10,13,15,17H,11-12,20H2,1-5H3,(H,21,24)(H,22,23)/t15?,17-/m0/s1. The molecule has 0 fully saturated rings. The molecule has 0 aliphatic heterocycles. The summed E-state index contributed by atoms with van der Waals surface area (Å²) in [5.74, 6) is -0.476. The Morgan fingerprint density at radius 1 is 1.12 bits per heavy atom. The van der Waals surface area contributed by atoms with Gasteiger partial charge in [-0.2, -0.15) is 0 Å². The van der Waals surface area contributed by atoms with Gasteiger partial charge in [0.15, 0.2) is 0 Å². The van der Waals surface area contributed by atoms with Crippen molar-refractivity contribution in [3.63, 3.8) is 0 Å². The molecule has 1 aromatic rings. The van der Waals surface area contributed by atoms with Crippen molar-refractivity contribution in [2.45, 2.75) is 53.1 Å². The van der Waals surface area contributed by atoms with E-state index in [9.17, 15) is 9.59 Å². The number of hydrogen-bond donors (Lipinski definition) is 3. The highest BCUT2D eigenvalue weighted by atomic mass is 16.2. The molecule has 0 aliphatic rings. The first-order valence-electron chi connectivity index (χ1n) is 8.48. The van der Waals surface area contributed by atoms with E-state index in [0.717, 1.165) is 12.0 Å². The Labute approximate surface area is 145 Å². The molecule has 5 nitrogen and oxygen atoms in total. The van der Waals surface area contributed by atoms with Crippen LogP contribution in [0.5, 0.6) is 0 Å². The fraction of sp³-hybridized carbons (Fsp3) is 0.579. The number of rotatable bonds is 7. The Bertz CT molecular complexity index is 535. The molecular weight excluding hydrogens is 302 g/mol. The molecule has 0 aromatic heterocycles. The van der Waals surface area contributed by atoms with E-state index >= 15 is 0 Å². The fourth-order valence-corrected chi connectivity index (χ4v) is 2.38. The van der Waals surface area contributed by atoms with Gasteiger partial charge in [-0.1, -0.05) is 65.0 Å². The van der Waals surface area contributed by atoms with Crippen molar-refractivity contribution in [3.05, 3.63) is 35.9 Å². The van der Waals surface area contributed by atoms with Gasteiger partial charge in [-0.25, -0.2) is 0 Å². The SMILES string of the molecule is CC(C)[C@H](N)C(=O)NCC(=O)NC(CC(C)(C)C)c1ccccc1. The lowest BCUT2D eigenvalue weighted by Crippen LogP contribution is -2.47. The van der Waals surface area contributed by atoms with Crippen molar-refractivity contribution in [1.29, 1.82) is 0 Å². The molecule has 0 aliphatic carbocycles. The smallest absolute Gasteiger partial charge is 0.239 e. The molecule has 1 rings (SSSR count). The van der Waals surface area contributed by atoms with E-state index in [1.54, 1.807) is 0 Å². The molecule has 4 N–H and O–H groups in total. The topological polar surface area (TPSA) is 84.2 Å². The fourth-order valence-electron chi connectivity index (χ4n) is 2.38. The monoisotopic (exact) mass is 333 g/mol. The average molecular weight is 333 g/mol. The third kappa shape index (κ3) is 7.13. The maximum Gasteiger partial charge on any atom is 0.239 e. The van der Waals surface area contributed by atoms with Gasteiger partial charge in [-0.3, -0.25) is 9.59 Å². The van der Waals surface area contributed by atoms with E-state index in [0.29, 0.717) is 0 Å². The van der Waals surface area contributed by atoms with Crippen molar-refractivity contribution in [3.8, 4) is 0 Å². The van der Waals surface area contributed by atoms with Crippen LogP contribution in [0.3, 0.4) is 0 Å². The Kier molecular flexibility index (Phi) is 7.42. The highest BCUT2D eigenvalue weighted by Gasteiger charge is 2.23. The number of nitrogens with one attached hydrogen (secondary N) is 2. The minimum absolute atomic E-state index is 0.0334. The third-order valence-corrected chi connectivity index (χ3v) is 3.80. The molecule has 0 saturated carbocycles. The average Bonchev–Trinajstić information content (AvgIpc) is 2.50. The normalized spacial score (nSPS) is 14.1. The largest absolute Gasteiger partial charge is 0.348 e. The van der Waals surface area contributed by atoms with Crippen LogP contribution in [0.4, 0.5) is 0 Å². The van der Waals surface area contributed by atoms with Crippen molar-refractivity contribution in [1.82, 2.24) is 10.6 Å². The molecule has 24 heavy (non-hydrogen) atoms. The minimum Gasteiger partial charge on any atom is -0.348 e. The first kappa shape index (κ1) is 20.2. The summed E-state index contributed by atoms with van der Waals surface area (Å²) < 4.78 is 0. The lowest BCUT2D eigenvalue weighted by Gasteiger charge is -2.27. The first-order chi connectivity index (χ1) is 11.1. The van der Waals surface area contributed by atoms with Gasteiger partial charge in [0.1, 0.15) is 0 Å². The van der Waals surface area contributed by atoms with Gasteiger partial charge in [-0.05, 0) is 23.3 Å². The van der Waals surface area contributed by atoms with E-state index in [-0.39, 0.29) is 35.7 Å². The van der Waals surface area contributed by atoms with Crippen LogP contribution in [0.25, 0.3) is 0 Å². The summed E-state index contributed by atoms with van der Waals surface area (Å²) in [6.45, 7) is 10.1. The van der Waals surface area contributed by atoms with Crippen LogP contribution in [0.1, 0.15) is 52.6 Å². The van der Waals surface area contributed by atoms with Crippen LogP contribution in [0, 0.1) is 11.3 Å². The molecule has 134 valence electrons. The quantitative estimate of drug-likeness (QED) is 0.716. The Balaban J connectivity index is 2.66.